The van der Waals surface area contributed by atoms with Crippen LogP contribution in [0.15, 0.2) is 182 Å². The van der Waals surface area contributed by atoms with Crippen molar-refractivity contribution >= 4 is 50.6 Å². The molecule has 1 aliphatic rings. The van der Waals surface area contributed by atoms with Crippen LogP contribution in [-0.2, 0) is 31.9 Å². The Morgan fingerprint density at radius 2 is 1.07 bits per heavy atom. The number of rotatable bonds is 13. The standard InChI is InChI=1S/C80H76F2N4O.Pt/c1-48(2)53-32-54(49(3)4)34-56(33-53)70-41-60(80(12,13)14)42-71(57-35-61(81)44-62(82)36-57)78(70)85-47-84(73-26-20-21-27-74(73)85)63-37-58(77-68(50(5)6)39-55(40-69(77)51(7)8)52-22-16-15-17-23-52)38-65(45-63)87-64-28-29-67-66-24-18-19-25-72(66)86(75(67)46-64)76-43-59(30-31-83-76)79(9,10)11;/h15-44,48-51H,1-14H3;/q;+2. The number of para-hydroxylation sites is 3. The van der Waals surface area contributed by atoms with Crippen molar-refractivity contribution in [1.29, 1.82) is 0 Å². The van der Waals surface area contributed by atoms with Crippen molar-refractivity contribution in [2.75, 3.05) is 0 Å². The van der Waals surface area contributed by atoms with Crippen LogP contribution in [0.3, 0.4) is 0 Å². The fourth-order valence-corrected chi connectivity index (χ4v) is 12.2. The molecule has 9 aromatic carbocycles. The molecule has 0 aliphatic carbocycles. The van der Waals surface area contributed by atoms with Crippen molar-refractivity contribution in [2.45, 2.75) is 131 Å². The summed E-state index contributed by atoms with van der Waals surface area (Å²) in [6.45, 7) is 31.2. The normalized spacial score (nSPS) is 12.6. The van der Waals surface area contributed by atoms with Gasteiger partial charge in [0.05, 0.1) is 11.1 Å². The van der Waals surface area contributed by atoms with Crippen LogP contribution in [0.1, 0.15) is 154 Å². The second-order valence-corrected chi connectivity index (χ2v) is 26.8. The molecule has 1 aliphatic heterocycles. The van der Waals surface area contributed by atoms with E-state index in [-0.39, 0.29) is 55.6 Å². The Morgan fingerprint density at radius 3 is 1.67 bits per heavy atom. The molecule has 88 heavy (non-hydrogen) atoms. The maximum absolute atomic E-state index is 15.8. The summed E-state index contributed by atoms with van der Waals surface area (Å²) in [4.78, 5) is 4.96. The number of halogens is 2. The Balaban J connectivity index is 0.00000800. The maximum Gasteiger partial charge on any atom is 2.00 e. The Bertz CT molecular complexity index is 4510. The molecule has 3 heterocycles. The number of aromatic nitrogens is 2. The fourth-order valence-electron chi connectivity index (χ4n) is 12.2. The molecule has 0 N–H and O–H groups in total. The van der Waals surface area contributed by atoms with Crippen LogP contribution < -0.4 is 13.9 Å². The molecule has 2 aromatic heterocycles. The number of ether oxygens (including phenoxy) is 1. The zero-order chi connectivity index (χ0) is 61.4. The van der Waals surface area contributed by atoms with Gasteiger partial charge in [0.25, 0.3) is 11.4 Å². The molecule has 0 saturated carbocycles. The van der Waals surface area contributed by atoms with Gasteiger partial charge in [-0.3, -0.25) is 0 Å². The van der Waals surface area contributed by atoms with E-state index in [9.17, 15) is 0 Å². The third kappa shape index (κ3) is 11.8. The molecule has 5 nitrogen and oxygen atoms in total. The Hall–Kier alpha value is -8.34. The minimum atomic E-state index is -0.652. The number of hydrogen-bond donors (Lipinski definition) is 0. The molecule has 11 aromatic rings. The molecule has 0 bridgehead atoms. The first-order valence-electron chi connectivity index (χ1n) is 30.7. The van der Waals surface area contributed by atoms with Gasteiger partial charge < -0.3 is 9.30 Å². The summed E-state index contributed by atoms with van der Waals surface area (Å²) >= 11 is 0. The number of hydrogen-bond acceptors (Lipinski definition) is 2. The van der Waals surface area contributed by atoms with E-state index < -0.39 is 11.6 Å². The summed E-state index contributed by atoms with van der Waals surface area (Å²) in [6, 6.07) is 71.2. The Kier molecular flexibility index (Phi) is 16.7. The van der Waals surface area contributed by atoms with Crippen LogP contribution in [0.2, 0.25) is 0 Å². The van der Waals surface area contributed by atoms with Crippen molar-refractivity contribution in [3.63, 3.8) is 0 Å². The van der Waals surface area contributed by atoms with Crippen molar-refractivity contribution in [3.05, 3.63) is 239 Å². The molecule has 0 radical (unpaired) electrons. The van der Waals surface area contributed by atoms with Gasteiger partial charge >= 0.3 is 27.1 Å². The van der Waals surface area contributed by atoms with Gasteiger partial charge in [0.1, 0.15) is 23.1 Å². The average molecular weight is 1340 g/mol. The van der Waals surface area contributed by atoms with E-state index in [2.05, 4.69) is 268 Å². The minimum absolute atomic E-state index is 0. The SMILES string of the molecule is CC(C)c1cc(-c2cc(C(C)(C)C)cc(-c3cc(F)cc(F)c3)c2[N+]2=C=[N+](c3[c-]c(Oc4[c-]c5c(cc4)c4ccccc4n5-c4cc(C(C)(C)C)ccn4)cc(-c4c(C(C)C)cc(-c5ccccc5)cc4C(C)C)c3)c3ccccc32)cc(C(C)C)c1.[Pt+2]. The van der Waals surface area contributed by atoms with Gasteiger partial charge in [-0.15, -0.1) is 29.1 Å². The van der Waals surface area contributed by atoms with Crippen molar-refractivity contribution in [3.8, 4) is 61.8 Å². The van der Waals surface area contributed by atoms with Crippen molar-refractivity contribution < 1.29 is 34.6 Å². The van der Waals surface area contributed by atoms with Crippen LogP contribution in [0.25, 0.3) is 72.1 Å². The molecular weight excluding hydrogens is 1270 g/mol. The van der Waals surface area contributed by atoms with Crippen molar-refractivity contribution in [1.82, 2.24) is 18.7 Å². The third-order valence-corrected chi connectivity index (χ3v) is 17.1. The Morgan fingerprint density at radius 1 is 0.489 bits per heavy atom. The molecule has 8 heteroatoms. The maximum atomic E-state index is 15.8. The molecule has 0 unspecified atom stereocenters. The van der Waals surface area contributed by atoms with Gasteiger partial charge in [0.15, 0.2) is 0 Å². The minimum Gasteiger partial charge on any atom is -0.509 e. The van der Waals surface area contributed by atoms with Crippen LogP contribution in [-0.4, -0.2) is 15.6 Å². The van der Waals surface area contributed by atoms with Gasteiger partial charge in [-0.2, -0.15) is 6.07 Å². The van der Waals surface area contributed by atoms with E-state index >= 15 is 8.78 Å². The predicted molar refractivity (Wildman–Crippen MR) is 359 cm³/mol. The molecule has 0 saturated heterocycles. The van der Waals surface area contributed by atoms with Gasteiger partial charge in [0.2, 0.25) is 5.69 Å². The predicted octanol–water partition coefficient (Wildman–Crippen LogP) is 22.5. The topological polar surface area (TPSA) is 33.1 Å². The summed E-state index contributed by atoms with van der Waals surface area (Å²) < 4.78 is 45.1. The Labute approximate surface area is 533 Å². The zero-order valence-corrected chi connectivity index (χ0v) is 55.2. The molecule has 12 rings (SSSR count). The average Bonchev–Trinajstić information content (AvgIpc) is 1.50. The van der Waals surface area contributed by atoms with Crippen LogP contribution in [0.4, 0.5) is 31.5 Å². The monoisotopic (exact) mass is 1340 g/mol. The summed E-state index contributed by atoms with van der Waals surface area (Å²) in [5.74, 6) is 1.27. The second-order valence-electron chi connectivity index (χ2n) is 26.8. The van der Waals surface area contributed by atoms with Gasteiger partial charge in [0, 0.05) is 41.4 Å². The van der Waals surface area contributed by atoms with E-state index in [4.69, 9.17) is 9.72 Å². The first-order chi connectivity index (χ1) is 41.5. The number of pyridine rings is 1. The first-order valence-corrected chi connectivity index (χ1v) is 30.7. The fraction of sp³-hybridized carbons (Fsp3) is 0.250. The largest absolute Gasteiger partial charge is 2.00 e. The molecule has 444 valence electrons. The van der Waals surface area contributed by atoms with Crippen LogP contribution in [0.5, 0.6) is 11.5 Å². The van der Waals surface area contributed by atoms with E-state index in [1.54, 1.807) is 0 Å². The molecule has 0 atom stereocenters. The van der Waals surface area contributed by atoms with E-state index in [1.165, 1.54) is 45.5 Å². The summed E-state index contributed by atoms with van der Waals surface area (Å²) in [5.41, 5.74) is 19.0. The smallest absolute Gasteiger partial charge is 0.509 e. The molecule has 0 fully saturated rings. The molecular formula is C80H76F2N4OPt+2. The third-order valence-electron chi connectivity index (χ3n) is 17.1. The number of nitrogens with zero attached hydrogens (tertiary/aromatic N) is 4. The second kappa shape index (κ2) is 24.0. The van der Waals surface area contributed by atoms with Crippen LogP contribution >= 0.6 is 0 Å². The van der Waals surface area contributed by atoms with Crippen LogP contribution in [0, 0.1) is 23.8 Å². The van der Waals surface area contributed by atoms with Crippen molar-refractivity contribution in [2.24, 2.45) is 0 Å². The first kappa shape index (κ1) is 61.3. The van der Waals surface area contributed by atoms with Gasteiger partial charge in [-0.25, -0.2) is 13.8 Å². The molecule has 0 amide bonds. The van der Waals surface area contributed by atoms with E-state index in [1.807, 2.05) is 24.4 Å². The summed E-state index contributed by atoms with van der Waals surface area (Å²) in [7, 11) is 0. The number of benzene rings is 9. The summed E-state index contributed by atoms with van der Waals surface area (Å²) in [6.07, 6.45) is 1.89. The number of fused-ring (bicyclic) bond motifs is 4. The van der Waals surface area contributed by atoms with E-state index in [0.29, 0.717) is 28.3 Å². The zero-order valence-electron chi connectivity index (χ0n) is 52.9. The van der Waals surface area contributed by atoms with Gasteiger partial charge in [-0.05, 0) is 148 Å². The quantitative estimate of drug-likeness (QED) is 0.0851. The molecule has 0 spiro atoms. The summed E-state index contributed by atoms with van der Waals surface area (Å²) in [5, 5.41) is 2.12. The van der Waals surface area contributed by atoms with Gasteiger partial charge in [-0.1, -0.05) is 210 Å². The van der Waals surface area contributed by atoms with E-state index in [0.717, 1.165) is 84.1 Å².